The normalized spacial score (nSPS) is 19.0. The highest BCUT2D eigenvalue weighted by Gasteiger charge is 2.37. The Kier molecular flexibility index (Phi) is 9.07. The first-order valence-corrected chi connectivity index (χ1v) is 11.2. The standard InChI is InChI=1S/C22H28F6N4O2.CH4/c23-21(24,25)14-10-15(22(26,27)28)12-17(11-14)31-19(34)30-16-4-8-32(9-5-16)18(33)13-20(29)6-2-1-3-7-20;/h10-12,16H,1-9,13,29H2,(H2,30,31,34);1H4. The van der Waals surface area contributed by atoms with Crippen LogP contribution in [0.3, 0.4) is 0 Å². The lowest BCUT2D eigenvalue weighted by atomic mass is 9.80. The molecule has 0 spiro atoms. The molecule has 1 aliphatic carbocycles. The number of likely N-dealkylation sites (tertiary alicyclic amines) is 1. The fourth-order valence-corrected chi connectivity index (χ4v) is 4.50. The Hall–Kier alpha value is -2.50. The fourth-order valence-electron chi connectivity index (χ4n) is 4.50. The van der Waals surface area contributed by atoms with Crippen LogP contribution in [0.25, 0.3) is 0 Å². The Bertz CT molecular complexity index is 857. The van der Waals surface area contributed by atoms with Gasteiger partial charge in [-0.15, -0.1) is 0 Å². The molecule has 4 N–H and O–H groups in total. The summed E-state index contributed by atoms with van der Waals surface area (Å²) < 4.78 is 77.9. The van der Waals surface area contributed by atoms with Crippen molar-refractivity contribution in [1.29, 1.82) is 0 Å². The van der Waals surface area contributed by atoms with Crippen molar-refractivity contribution in [3.63, 3.8) is 0 Å². The molecule has 2 fully saturated rings. The molecule has 1 saturated carbocycles. The molecule has 0 unspecified atom stereocenters. The Labute approximate surface area is 200 Å². The highest BCUT2D eigenvalue weighted by Crippen LogP contribution is 2.37. The van der Waals surface area contributed by atoms with Crippen molar-refractivity contribution >= 4 is 17.6 Å². The Morgan fingerprint density at radius 3 is 1.94 bits per heavy atom. The zero-order valence-corrected chi connectivity index (χ0v) is 18.5. The highest BCUT2D eigenvalue weighted by atomic mass is 19.4. The van der Waals surface area contributed by atoms with Crippen LogP contribution in [0.4, 0.5) is 36.8 Å². The van der Waals surface area contributed by atoms with Crippen LogP contribution in [0.2, 0.25) is 0 Å². The molecule has 1 heterocycles. The van der Waals surface area contributed by atoms with Gasteiger partial charge in [-0.2, -0.15) is 26.3 Å². The summed E-state index contributed by atoms with van der Waals surface area (Å²) in [6.45, 7) is 0.753. The zero-order valence-electron chi connectivity index (χ0n) is 18.5. The Balaban J connectivity index is 0.00000432. The summed E-state index contributed by atoms with van der Waals surface area (Å²) in [5.41, 5.74) is 2.23. The van der Waals surface area contributed by atoms with E-state index in [2.05, 4.69) is 10.6 Å². The summed E-state index contributed by atoms with van der Waals surface area (Å²) in [6.07, 6.45) is -4.19. The molecule has 1 aromatic carbocycles. The van der Waals surface area contributed by atoms with Gasteiger partial charge < -0.3 is 21.3 Å². The van der Waals surface area contributed by atoms with Gasteiger partial charge in [0.1, 0.15) is 0 Å². The van der Waals surface area contributed by atoms with E-state index in [-0.39, 0.29) is 31.9 Å². The van der Waals surface area contributed by atoms with Crippen molar-refractivity contribution in [1.82, 2.24) is 10.2 Å². The van der Waals surface area contributed by atoms with Gasteiger partial charge in [-0.25, -0.2) is 4.79 Å². The number of anilines is 1. The van der Waals surface area contributed by atoms with Crippen LogP contribution in [0.1, 0.15) is 69.9 Å². The highest BCUT2D eigenvalue weighted by molar-refractivity contribution is 5.89. The van der Waals surface area contributed by atoms with Crippen molar-refractivity contribution in [2.45, 2.75) is 82.7 Å². The molecule has 0 radical (unpaired) electrons. The maximum absolute atomic E-state index is 13.0. The van der Waals surface area contributed by atoms with Crippen LogP contribution in [0.15, 0.2) is 18.2 Å². The van der Waals surface area contributed by atoms with Gasteiger partial charge >= 0.3 is 18.4 Å². The molecule has 1 aliphatic heterocycles. The largest absolute Gasteiger partial charge is 0.416 e. The molecule has 0 aromatic heterocycles. The lowest BCUT2D eigenvalue weighted by Crippen LogP contribution is -2.51. The maximum Gasteiger partial charge on any atom is 0.416 e. The number of alkyl halides is 6. The minimum Gasteiger partial charge on any atom is -0.342 e. The van der Waals surface area contributed by atoms with Crippen molar-refractivity contribution < 1.29 is 35.9 Å². The molecular formula is C23H32F6N4O2. The second kappa shape index (κ2) is 11.0. The van der Waals surface area contributed by atoms with E-state index in [1.807, 2.05) is 0 Å². The molecule has 3 rings (SSSR count). The summed E-state index contributed by atoms with van der Waals surface area (Å²) in [5, 5.41) is 4.62. The number of nitrogens with two attached hydrogens (primary N) is 1. The minimum atomic E-state index is -5.01. The minimum absolute atomic E-state index is 0. The molecule has 198 valence electrons. The topological polar surface area (TPSA) is 87.5 Å². The third kappa shape index (κ3) is 8.01. The van der Waals surface area contributed by atoms with Gasteiger partial charge in [0.15, 0.2) is 0 Å². The second-order valence-corrected chi connectivity index (χ2v) is 9.15. The van der Waals surface area contributed by atoms with Gasteiger partial charge in [-0.1, -0.05) is 26.7 Å². The Morgan fingerprint density at radius 1 is 0.943 bits per heavy atom. The number of urea groups is 1. The number of amides is 3. The summed E-state index contributed by atoms with van der Waals surface area (Å²) in [6, 6.07) is -0.401. The number of hydrogen-bond donors (Lipinski definition) is 3. The first-order valence-electron chi connectivity index (χ1n) is 11.2. The number of carbonyl (C=O) groups excluding carboxylic acids is 2. The number of carbonyl (C=O) groups is 2. The summed E-state index contributed by atoms with van der Waals surface area (Å²) in [4.78, 5) is 26.6. The molecule has 3 amide bonds. The smallest absolute Gasteiger partial charge is 0.342 e. The van der Waals surface area contributed by atoms with E-state index in [1.54, 1.807) is 4.90 Å². The predicted octanol–water partition coefficient (Wildman–Crippen LogP) is 5.52. The molecule has 35 heavy (non-hydrogen) atoms. The average Bonchev–Trinajstić information content (AvgIpc) is 2.73. The summed E-state index contributed by atoms with van der Waals surface area (Å²) >= 11 is 0. The molecule has 1 aromatic rings. The van der Waals surface area contributed by atoms with Gasteiger partial charge in [0.2, 0.25) is 5.91 Å². The molecule has 0 bridgehead atoms. The van der Waals surface area contributed by atoms with E-state index in [9.17, 15) is 35.9 Å². The molecular weight excluding hydrogens is 478 g/mol. The SMILES string of the molecule is C.NC1(CC(=O)N2CCC(NC(=O)Nc3cc(C(F)(F)F)cc(C(F)(F)F)c3)CC2)CCCCC1. The number of rotatable bonds is 4. The quantitative estimate of drug-likeness (QED) is 0.466. The number of piperidine rings is 1. The van der Waals surface area contributed by atoms with Crippen molar-refractivity contribution in [3.8, 4) is 0 Å². The van der Waals surface area contributed by atoms with Gasteiger partial charge in [0.05, 0.1) is 11.1 Å². The van der Waals surface area contributed by atoms with Crippen LogP contribution in [-0.4, -0.2) is 41.5 Å². The van der Waals surface area contributed by atoms with Gasteiger partial charge in [-0.05, 0) is 43.9 Å². The van der Waals surface area contributed by atoms with Crippen molar-refractivity contribution in [3.05, 3.63) is 29.3 Å². The van der Waals surface area contributed by atoms with E-state index in [1.165, 1.54) is 0 Å². The van der Waals surface area contributed by atoms with Crippen LogP contribution >= 0.6 is 0 Å². The number of benzene rings is 1. The van der Waals surface area contributed by atoms with Gasteiger partial charge in [-0.3, -0.25) is 4.79 Å². The molecule has 0 atom stereocenters. The number of nitrogens with zero attached hydrogens (tertiary/aromatic N) is 1. The third-order valence-corrected chi connectivity index (χ3v) is 6.38. The number of hydrogen-bond acceptors (Lipinski definition) is 3. The van der Waals surface area contributed by atoms with Crippen LogP contribution in [-0.2, 0) is 17.1 Å². The number of halogens is 6. The third-order valence-electron chi connectivity index (χ3n) is 6.38. The monoisotopic (exact) mass is 510 g/mol. The van der Waals surface area contributed by atoms with E-state index in [0.717, 1.165) is 32.1 Å². The van der Waals surface area contributed by atoms with Crippen LogP contribution in [0.5, 0.6) is 0 Å². The average molecular weight is 511 g/mol. The maximum atomic E-state index is 13.0. The van der Waals surface area contributed by atoms with Gasteiger partial charge in [0.25, 0.3) is 0 Å². The lowest BCUT2D eigenvalue weighted by molar-refractivity contribution is -0.143. The molecule has 2 aliphatic rings. The Morgan fingerprint density at radius 2 is 1.46 bits per heavy atom. The second-order valence-electron chi connectivity index (χ2n) is 9.15. The van der Waals surface area contributed by atoms with E-state index in [4.69, 9.17) is 5.73 Å². The van der Waals surface area contributed by atoms with E-state index < -0.39 is 40.7 Å². The molecule has 1 saturated heterocycles. The lowest BCUT2D eigenvalue weighted by Gasteiger charge is -2.37. The van der Waals surface area contributed by atoms with Gasteiger partial charge in [0, 0.05) is 36.8 Å². The first-order chi connectivity index (χ1) is 15.7. The van der Waals surface area contributed by atoms with Crippen LogP contribution in [0, 0.1) is 0 Å². The zero-order chi connectivity index (χ0) is 25.1. The number of nitrogens with one attached hydrogen (secondary N) is 2. The first kappa shape index (κ1) is 28.7. The summed E-state index contributed by atoms with van der Waals surface area (Å²) in [7, 11) is 0. The molecule has 12 heteroatoms. The molecule has 6 nitrogen and oxygen atoms in total. The van der Waals surface area contributed by atoms with E-state index in [0.29, 0.717) is 38.1 Å². The van der Waals surface area contributed by atoms with Crippen molar-refractivity contribution in [2.24, 2.45) is 5.73 Å². The predicted molar refractivity (Wildman–Crippen MR) is 120 cm³/mol. The summed E-state index contributed by atoms with van der Waals surface area (Å²) in [5.74, 6) is -0.0454. The van der Waals surface area contributed by atoms with Crippen molar-refractivity contribution in [2.75, 3.05) is 18.4 Å². The van der Waals surface area contributed by atoms with Crippen LogP contribution < -0.4 is 16.4 Å². The van der Waals surface area contributed by atoms with E-state index >= 15 is 0 Å². The fraction of sp³-hybridized carbons (Fsp3) is 0.652.